The van der Waals surface area contributed by atoms with Gasteiger partial charge in [0, 0.05) is 6.08 Å². The summed E-state index contributed by atoms with van der Waals surface area (Å²) < 4.78 is 10.5. The van der Waals surface area contributed by atoms with E-state index < -0.39 is 5.97 Å². The number of hydrogen-bond acceptors (Lipinski definition) is 4. The second-order valence-electron chi connectivity index (χ2n) is 6.21. The van der Waals surface area contributed by atoms with E-state index in [2.05, 4.69) is 5.32 Å². The van der Waals surface area contributed by atoms with Gasteiger partial charge in [0.2, 0.25) is 5.91 Å². The van der Waals surface area contributed by atoms with Gasteiger partial charge in [0.25, 0.3) is 0 Å². The highest BCUT2D eigenvalue weighted by atomic mass is 16.5. The molecule has 0 aliphatic heterocycles. The molecule has 0 unspecified atom stereocenters. The lowest BCUT2D eigenvalue weighted by molar-refractivity contribution is -0.111. The van der Waals surface area contributed by atoms with E-state index in [1.54, 1.807) is 30.3 Å². The largest absolute Gasteiger partial charge is 0.489 e. The second-order valence-corrected chi connectivity index (χ2v) is 6.21. The van der Waals surface area contributed by atoms with Crippen LogP contribution in [0.2, 0.25) is 0 Å². The Kier molecular flexibility index (Phi) is 6.79. The summed E-state index contributed by atoms with van der Waals surface area (Å²) in [6.07, 6.45) is 3.09. The molecule has 0 fully saturated rings. The predicted molar refractivity (Wildman–Crippen MR) is 113 cm³/mol. The number of carbonyl (C=O) groups is 2. The third kappa shape index (κ3) is 5.81. The van der Waals surface area contributed by atoms with E-state index in [4.69, 9.17) is 9.47 Å². The van der Waals surface area contributed by atoms with Crippen LogP contribution in [0.25, 0.3) is 6.08 Å². The molecule has 3 rings (SSSR count). The molecule has 29 heavy (non-hydrogen) atoms. The molecular formula is C24H21NO4. The molecule has 0 atom stereocenters. The first-order chi connectivity index (χ1) is 14.2. The zero-order chi connectivity index (χ0) is 20.5. The average Bonchev–Trinajstić information content (AvgIpc) is 2.77. The van der Waals surface area contributed by atoms with Crippen molar-refractivity contribution in [2.24, 2.45) is 0 Å². The summed E-state index contributed by atoms with van der Waals surface area (Å²) in [4.78, 5) is 24.1. The lowest BCUT2D eigenvalue weighted by atomic mass is 10.1. The molecule has 0 bridgehead atoms. The van der Waals surface area contributed by atoms with Crippen LogP contribution in [0.3, 0.4) is 0 Å². The van der Waals surface area contributed by atoms with Crippen LogP contribution in [0.5, 0.6) is 5.75 Å². The Morgan fingerprint density at radius 1 is 0.931 bits per heavy atom. The number of carbonyl (C=O) groups excluding carboxylic acids is 2. The minimum absolute atomic E-state index is 0.299. The monoisotopic (exact) mass is 387 g/mol. The molecule has 0 aliphatic carbocycles. The summed E-state index contributed by atoms with van der Waals surface area (Å²) in [6.45, 7) is 0.471. The van der Waals surface area contributed by atoms with E-state index in [1.807, 2.05) is 54.6 Å². The molecule has 3 aromatic rings. The fourth-order valence-electron chi connectivity index (χ4n) is 2.68. The maximum absolute atomic E-state index is 12.3. The van der Waals surface area contributed by atoms with Gasteiger partial charge in [0.05, 0.1) is 18.4 Å². The number of esters is 1. The van der Waals surface area contributed by atoms with Crippen LogP contribution < -0.4 is 10.1 Å². The van der Waals surface area contributed by atoms with Crippen molar-refractivity contribution in [3.8, 4) is 5.75 Å². The van der Waals surface area contributed by atoms with Crippen LogP contribution in [0, 0.1) is 0 Å². The first-order valence-corrected chi connectivity index (χ1v) is 9.09. The van der Waals surface area contributed by atoms with Crippen LogP contribution in [0.15, 0.2) is 84.9 Å². The Morgan fingerprint density at radius 2 is 1.69 bits per heavy atom. The van der Waals surface area contributed by atoms with Gasteiger partial charge in [-0.15, -0.1) is 0 Å². The van der Waals surface area contributed by atoms with Gasteiger partial charge in [0.1, 0.15) is 12.4 Å². The van der Waals surface area contributed by atoms with Gasteiger partial charge < -0.3 is 14.8 Å². The fraction of sp³-hybridized carbons (Fsp3) is 0.0833. The maximum Gasteiger partial charge on any atom is 0.339 e. The van der Waals surface area contributed by atoms with Crippen molar-refractivity contribution in [3.63, 3.8) is 0 Å². The summed E-state index contributed by atoms with van der Waals surface area (Å²) in [5.41, 5.74) is 2.60. The van der Waals surface area contributed by atoms with E-state index in [0.717, 1.165) is 11.1 Å². The van der Waals surface area contributed by atoms with Crippen molar-refractivity contribution in [3.05, 3.63) is 102 Å². The number of hydrogen-bond donors (Lipinski definition) is 1. The Bertz CT molecular complexity index is 1010. The molecular weight excluding hydrogens is 366 g/mol. The number of amides is 1. The van der Waals surface area contributed by atoms with E-state index in [0.29, 0.717) is 23.6 Å². The van der Waals surface area contributed by atoms with Gasteiger partial charge in [0.15, 0.2) is 0 Å². The number of ether oxygens (including phenoxy) is 2. The predicted octanol–water partition coefficient (Wildman–Crippen LogP) is 4.70. The van der Waals surface area contributed by atoms with Gasteiger partial charge in [-0.05, 0) is 41.5 Å². The number of para-hydroxylation sites is 1. The molecule has 1 N–H and O–H groups in total. The first-order valence-electron chi connectivity index (χ1n) is 9.09. The highest BCUT2D eigenvalue weighted by Gasteiger charge is 2.12. The van der Waals surface area contributed by atoms with Crippen LogP contribution in [0.1, 0.15) is 21.5 Å². The highest BCUT2D eigenvalue weighted by Crippen LogP contribution is 2.18. The zero-order valence-electron chi connectivity index (χ0n) is 16.0. The van der Waals surface area contributed by atoms with Gasteiger partial charge >= 0.3 is 5.97 Å². The standard InChI is InChI=1S/C24H21NO4/c1-28-24(27)21-12-5-6-13-22(21)25-23(26)15-14-18-10-7-11-20(16-18)29-17-19-8-3-2-4-9-19/h2-16H,17H2,1H3,(H,25,26)/b15-14+. The summed E-state index contributed by atoms with van der Waals surface area (Å²) in [5, 5.41) is 2.70. The van der Waals surface area contributed by atoms with E-state index in [9.17, 15) is 9.59 Å². The minimum Gasteiger partial charge on any atom is -0.489 e. The molecule has 146 valence electrons. The van der Waals surface area contributed by atoms with E-state index in [1.165, 1.54) is 13.2 Å². The van der Waals surface area contributed by atoms with Crippen LogP contribution in [-0.2, 0) is 16.1 Å². The summed E-state index contributed by atoms with van der Waals surface area (Å²) in [5.74, 6) is -0.141. The molecule has 0 saturated carbocycles. The Labute approximate surface area is 169 Å². The van der Waals surface area contributed by atoms with Gasteiger partial charge in [-0.2, -0.15) is 0 Å². The molecule has 3 aromatic carbocycles. The van der Waals surface area contributed by atoms with Crippen molar-refractivity contribution < 1.29 is 19.1 Å². The van der Waals surface area contributed by atoms with Crippen molar-refractivity contribution in [2.45, 2.75) is 6.61 Å². The van der Waals surface area contributed by atoms with Gasteiger partial charge in [-0.1, -0.05) is 54.6 Å². The molecule has 0 heterocycles. The molecule has 0 saturated heterocycles. The highest BCUT2D eigenvalue weighted by molar-refractivity contribution is 6.06. The number of nitrogens with one attached hydrogen (secondary N) is 1. The number of benzene rings is 3. The molecule has 0 aliphatic rings. The Hall–Kier alpha value is -3.86. The molecule has 0 spiro atoms. The SMILES string of the molecule is COC(=O)c1ccccc1NC(=O)/C=C/c1cccc(OCc2ccccc2)c1. The normalized spacial score (nSPS) is 10.5. The third-order valence-corrected chi connectivity index (χ3v) is 4.12. The van der Waals surface area contributed by atoms with Crippen LogP contribution in [-0.4, -0.2) is 19.0 Å². The average molecular weight is 387 g/mol. The second kappa shape index (κ2) is 9.90. The maximum atomic E-state index is 12.3. The lowest BCUT2D eigenvalue weighted by Gasteiger charge is -2.08. The summed E-state index contributed by atoms with van der Waals surface area (Å²) in [6, 6.07) is 24.1. The third-order valence-electron chi connectivity index (χ3n) is 4.12. The number of rotatable bonds is 7. The van der Waals surface area contributed by atoms with E-state index in [-0.39, 0.29) is 5.91 Å². The molecule has 0 radical (unpaired) electrons. The fourth-order valence-corrected chi connectivity index (χ4v) is 2.68. The van der Waals surface area contributed by atoms with Crippen molar-refractivity contribution in [1.29, 1.82) is 0 Å². The van der Waals surface area contributed by atoms with Crippen LogP contribution >= 0.6 is 0 Å². The summed E-state index contributed by atoms with van der Waals surface area (Å²) >= 11 is 0. The van der Waals surface area contributed by atoms with Crippen molar-refractivity contribution in [2.75, 3.05) is 12.4 Å². The Morgan fingerprint density at radius 3 is 2.48 bits per heavy atom. The quantitative estimate of drug-likeness (QED) is 0.471. The van der Waals surface area contributed by atoms with Gasteiger partial charge in [-0.3, -0.25) is 4.79 Å². The van der Waals surface area contributed by atoms with Crippen molar-refractivity contribution >= 4 is 23.6 Å². The molecule has 5 nitrogen and oxygen atoms in total. The topological polar surface area (TPSA) is 64.6 Å². The van der Waals surface area contributed by atoms with Gasteiger partial charge in [-0.25, -0.2) is 4.79 Å². The molecule has 0 aromatic heterocycles. The van der Waals surface area contributed by atoms with E-state index >= 15 is 0 Å². The first kappa shape index (κ1) is 19.9. The summed E-state index contributed by atoms with van der Waals surface area (Å²) in [7, 11) is 1.30. The van der Waals surface area contributed by atoms with Crippen LogP contribution in [0.4, 0.5) is 5.69 Å². The van der Waals surface area contributed by atoms with Crippen molar-refractivity contribution in [1.82, 2.24) is 0 Å². The molecule has 1 amide bonds. The lowest BCUT2D eigenvalue weighted by Crippen LogP contribution is -2.12. The smallest absolute Gasteiger partial charge is 0.339 e. The number of methoxy groups -OCH3 is 1. The molecule has 5 heteroatoms. The Balaban J connectivity index is 1.63. The minimum atomic E-state index is -0.506. The number of anilines is 1. The zero-order valence-corrected chi connectivity index (χ0v) is 16.0.